The van der Waals surface area contributed by atoms with Crippen molar-refractivity contribution in [1.82, 2.24) is 25.6 Å². The second-order valence-corrected chi connectivity index (χ2v) is 7.74. The number of ether oxygens (including phenoxy) is 2. The Kier molecular flexibility index (Phi) is 11.3. The summed E-state index contributed by atoms with van der Waals surface area (Å²) in [5.74, 6) is 0.170. The Morgan fingerprint density at radius 2 is 2.06 bits per heavy atom. The number of amidine groups is 1. The van der Waals surface area contributed by atoms with Gasteiger partial charge in [0.15, 0.2) is 11.7 Å². The fourth-order valence-corrected chi connectivity index (χ4v) is 3.24. The molecule has 1 aromatic rings. The number of aromatic nitrogens is 2. The molecule has 0 aromatic carbocycles. The van der Waals surface area contributed by atoms with E-state index in [0.29, 0.717) is 48.9 Å². The second kappa shape index (κ2) is 14.4. The van der Waals surface area contributed by atoms with Gasteiger partial charge in [-0.3, -0.25) is 10.2 Å². The highest BCUT2D eigenvalue weighted by Gasteiger charge is 2.23. The monoisotopic (exact) mass is 499 g/mol. The number of carbonyl (C=O) groups is 1. The maximum absolute atomic E-state index is 14.8. The van der Waals surface area contributed by atoms with Crippen LogP contribution < -0.4 is 16.1 Å². The van der Waals surface area contributed by atoms with Gasteiger partial charge in [-0.15, -0.1) is 0 Å². The van der Waals surface area contributed by atoms with Crippen molar-refractivity contribution in [2.45, 2.75) is 25.9 Å². The average Bonchev–Trinajstić information content (AvgIpc) is 3.29. The largest absolute Gasteiger partial charge is 0.494 e. The third-order valence-electron chi connectivity index (χ3n) is 5.22. The molecule has 0 aliphatic carbocycles. The number of hydrogen-bond donors (Lipinski definition) is 3. The minimum atomic E-state index is -0.600. The fourth-order valence-electron chi connectivity index (χ4n) is 3.24. The lowest BCUT2D eigenvalue weighted by Crippen LogP contribution is -2.39. The summed E-state index contributed by atoms with van der Waals surface area (Å²) >= 11 is 0. The van der Waals surface area contributed by atoms with Gasteiger partial charge in [-0.2, -0.15) is 5.10 Å². The molecule has 3 N–H and O–H groups in total. The molecule has 1 aromatic heterocycles. The summed E-state index contributed by atoms with van der Waals surface area (Å²) in [6.45, 7) is 9.90. The van der Waals surface area contributed by atoms with Crippen LogP contribution in [0.25, 0.3) is 0 Å². The molecule has 194 valence electrons. The van der Waals surface area contributed by atoms with E-state index in [2.05, 4.69) is 44.3 Å². The van der Waals surface area contributed by atoms with E-state index in [1.165, 1.54) is 20.2 Å². The van der Waals surface area contributed by atoms with E-state index < -0.39 is 5.83 Å². The Labute approximate surface area is 211 Å². The molecule has 1 aliphatic rings. The molecule has 0 unspecified atom stereocenters. The average molecular weight is 500 g/mol. The molecule has 0 radical (unpaired) electrons. The van der Waals surface area contributed by atoms with Gasteiger partial charge in [-0.25, -0.2) is 14.4 Å². The van der Waals surface area contributed by atoms with Crippen LogP contribution in [0.2, 0.25) is 0 Å². The number of rotatable bonds is 14. The maximum Gasteiger partial charge on any atom is 0.246 e. The minimum absolute atomic E-state index is 0.0976. The molecule has 36 heavy (non-hydrogen) atoms. The van der Waals surface area contributed by atoms with Gasteiger partial charge < -0.3 is 25.0 Å². The summed E-state index contributed by atoms with van der Waals surface area (Å²) in [5.41, 5.74) is 4.48. The van der Waals surface area contributed by atoms with Crippen LogP contribution in [-0.4, -0.2) is 67.2 Å². The molecule has 0 spiro atoms. The fraction of sp³-hybridized carbons (Fsp3) is 0.360. The number of likely N-dealkylation sites (N-methyl/N-ethyl adjacent to an activating group) is 1. The van der Waals surface area contributed by atoms with E-state index in [0.717, 1.165) is 5.56 Å². The van der Waals surface area contributed by atoms with Crippen LogP contribution in [0.3, 0.4) is 0 Å². The van der Waals surface area contributed by atoms with Crippen LogP contribution in [0.15, 0.2) is 77.8 Å². The zero-order valence-electron chi connectivity index (χ0n) is 21.2. The van der Waals surface area contributed by atoms with Crippen molar-refractivity contribution in [3.05, 3.63) is 78.3 Å². The Morgan fingerprint density at radius 3 is 2.67 bits per heavy atom. The van der Waals surface area contributed by atoms with Gasteiger partial charge >= 0.3 is 0 Å². The minimum Gasteiger partial charge on any atom is -0.494 e. The standard InChI is InChI=1S/C25H34FN7O3/c1-7-21-31-32-22(16-35-5)33(21)12-8-11-28-25-29-14-19(15-30-25)9-10-20(23(26)18(3)36-6)13-17(2)24(34)27-4/h7-8,12-15,22,32H,1,3,9-11,16H2,2,4-6H3,(H,27,34)(H,28,29,30)/b12-8-,17-13+,23-20+/t22-/m0/s1. The third-order valence-corrected chi connectivity index (χ3v) is 5.22. The number of anilines is 1. The molecule has 0 saturated heterocycles. The molecule has 1 atom stereocenters. The quantitative estimate of drug-likeness (QED) is 0.204. The van der Waals surface area contributed by atoms with E-state index in [-0.39, 0.29) is 17.8 Å². The number of hydrazone groups is 1. The first kappa shape index (κ1) is 28.2. The van der Waals surface area contributed by atoms with Gasteiger partial charge in [0.2, 0.25) is 11.9 Å². The summed E-state index contributed by atoms with van der Waals surface area (Å²) in [4.78, 5) is 22.4. The number of carbonyl (C=O) groups excluding carboxylic acids is 1. The molecule has 10 nitrogen and oxygen atoms in total. The van der Waals surface area contributed by atoms with Crippen molar-refractivity contribution in [2.75, 3.05) is 39.7 Å². The Bertz CT molecular complexity index is 1050. The molecular weight excluding hydrogens is 465 g/mol. The second-order valence-electron chi connectivity index (χ2n) is 7.74. The van der Waals surface area contributed by atoms with Crippen molar-refractivity contribution in [2.24, 2.45) is 5.10 Å². The van der Waals surface area contributed by atoms with Crippen molar-refractivity contribution in [3.8, 4) is 0 Å². The number of nitrogens with zero attached hydrogens (tertiary/aromatic N) is 4. The highest BCUT2D eigenvalue weighted by Crippen LogP contribution is 2.22. The maximum atomic E-state index is 14.8. The number of methoxy groups -OCH3 is 2. The van der Waals surface area contributed by atoms with Gasteiger partial charge in [0, 0.05) is 44.9 Å². The van der Waals surface area contributed by atoms with E-state index >= 15 is 0 Å². The number of hydrogen-bond acceptors (Lipinski definition) is 9. The number of amides is 1. The molecule has 2 rings (SSSR count). The first-order valence-corrected chi connectivity index (χ1v) is 11.3. The number of aryl methyl sites for hydroxylation is 1. The van der Waals surface area contributed by atoms with E-state index in [4.69, 9.17) is 9.47 Å². The Morgan fingerprint density at radius 1 is 1.33 bits per heavy atom. The van der Waals surface area contributed by atoms with Crippen LogP contribution in [0.5, 0.6) is 0 Å². The van der Waals surface area contributed by atoms with Crippen molar-refractivity contribution in [3.63, 3.8) is 0 Å². The van der Waals surface area contributed by atoms with E-state index in [9.17, 15) is 9.18 Å². The Hall–Kier alpha value is -3.99. The highest BCUT2D eigenvalue weighted by atomic mass is 19.1. The zero-order chi connectivity index (χ0) is 26.5. The van der Waals surface area contributed by atoms with Crippen LogP contribution >= 0.6 is 0 Å². The lowest BCUT2D eigenvalue weighted by molar-refractivity contribution is -0.117. The zero-order valence-corrected chi connectivity index (χ0v) is 21.2. The molecule has 2 heterocycles. The number of nitrogens with one attached hydrogen (secondary N) is 3. The lowest BCUT2D eigenvalue weighted by Gasteiger charge is -2.21. The normalized spacial score (nSPS) is 16.2. The van der Waals surface area contributed by atoms with E-state index in [1.54, 1.807) is 32.5 Å². The molecule has 0 fully saturated rings. The van der Waals surface area contributed by atoms with Gasteiger partial charge in [-0.1, -0.05) is 13.2 Å². The summed E-state index contributed by atoms with van der Waals surface area (Å²) in [6, 6.07) is 0. The van der Waals surface area contributed by atoms with Gasteiger partial charge in [0.05, 0.1) is 13.7 Å². The predicted octanol–water partition coefficient (Wildman–Crippen LogP) is 2.79. The molecule has 11 heteroatoms. The van der Waals surface area contributed by atoms with Crippen molar-refractivity contribution >= 4 is 17.7 Å². The first-order valence-electron chi connectivity index (χ1n) is 11.3. The van der Waals surface area contributed by atoms with E-state index in [1.807, 2.05) is 17.2 Å². The van der Waals surface area contributed by atoms with Crippen LogP contribution in [-0.2, 0) is 20.7 Å². The molecule has 1 amide bonds. The third kappa shape index (κ3) is 8.05. The lowest BCUT2D eigenvalue weighted by atomic mass is 10.0. The van der Waals surface area contributed by atoms with Crippen LogP contribution in [0.1, 0.15) is 18.9 Å². The molecule has 0 saturated carbocycles. The van der Waals surface area contributed by atoms with Crippen LogP contribution in [0, 0.1) is 0 Å². The number of halogens is 1. The molecule has 0 bridgehead atoms. The van der Waals surface area contributed by atoms with Gasteiger partial charge in [-0.05, 0) is 49.1 Å². The van der Waals surface area contributed by atoms with Crippen molar-refractivity contribution in [1.29, 1.82) is 0 Å². The summed E-state index contributed by atoms with van der Waals surface area (Å²) < 4.78 is 24.9. The molecular formula is C25H34FN7O3. The highest BCUT2D eigenvalue weighted by molar-refractivity contribution is 5.94. The van der Waals surface area contributed by atoms with Gasteiger partial charge in [0.25, 0.3) is 0 Å². The van der Waals surface area contributed by atoms with Crippen molar-refractivity contribution < 1.29 is 18.7 Å². The number of allylic oxidation sites excluding steroid dienone is 3. The Balaban J connectivity index is 1.97. The summed E-state index contributed by atoms with van der Waals surface area (Å²) in [7, 11) is 4.49. The summed E-state index contributed by atoms with van der Waals surface area (Å²) in [6.07, 6.45) is 11.0. The SMILES string of the molecule is C=CC1=NN[C@H](COC)N1/C=C\CNc1ncc(CCC(/C=C(\C)C(=O)NC)=C(\F)C(=C)OC)cn1. The first-order chi connectivity index (χ1) is 17.3. The van der Waals surface area contributed by atoms with Gasteiger partial charge in [0.1, 0.15) is 11.9 Å². The molecule has 1 aliphatic heterocycles. The predicted molar refractivity (Wildman–Crippen MR) is 138 cm³/mol. The summed E-state index contributed by atoms with van der Waals surface area (Å²) in [5, 5.41) is 9.85. The van der Waals surface area contributed by atoms with Crippen LogP contribution in [0.4, 0.5) is 10.3 Å². The smallest absolute Gasteiger partial charge is 0.246 e. The topological polar surface area (TPSA) is 113 Å².